The minimum atomic E-state index is -0.829. The molecule has 2 fully saturated rings. The van der Waals surface area contributed by atoms with E-state index < -0.39 is 36.1 Å². The number of unbranched alkanes of at least 4 members (excludes halogenated alkanes) is 4. The maximum Gasteiger partial charge on any atom is 0.338 e. The van der Waals surface area contributed by atoms with Crippen LogP contribution in [0.4, 0.5) is 0 Å². The first-order chi connectivity index (χ1) is 24.8. The molecule has 2 amide bonds. The lowest BCUT2D eigenvalue weighted by Crippen LogP contribution is -2.49. The summed E-state index contributed by atoms with van der Waals surface area (Å²) in [5.41, 5.74) is 2.55. The number of fused-ring (bicyclic) bond motifs is 1. The predicted octanol–water partition coefficient (Wildman–Crippen LogP) is 6.24. The molecule has 3 aliphatic rings. The van der Waals surface area contributed by atoms with Gasteiger partial charge in [0.15, 0.2) is 5.79 Å². The lowest BCUT2D eigenvalue weighted by Gasteiger charge is -2.33. The highest BCUT2D eigenvalue weighted by molar-refractivity contribution is 5.98. The largest absolute Gasteiger partial charge is 0.508 e. The number of amides is 2. The molecule has 5 rings (SSSR count). The molecule has 0 aromatic heterocycles. The average Bonchev–Trinajstić information content (AvgIpc) is 3.77. The van der Waals surface area contributed by atoms with Crippen LogP contribution in [0.25, 0.3) is 6.08 Å². The number of phenols is 1. The van der Waals surface area contributed by atoms with Crippen molar-refractivity contribution >= 4 is 23.9 Å². The van der Waals surface area contributed by atoms with E-state index in [1.165, 1.54) is 0 Å². The second-order valence-corrected chi connectivity index (χ2v) is 13.9. The fourth-order valence-corrected chi connectivity index (χ4v) is 7.30. The van der Waals surface area contributed by atoms with Crippen LogP contribution < -0.4 is 5.32 Å². The lowest BCUT2D eigenvalue weighted by atomic mass is 9.91. The number of nitrogens with zero attached hydrogens (tertiary/aromatic N) is 1. The van der Waals surface area contributed by atoms with E-state index in [1.807, 2.05) is 42.5 Å². The van der Waals surface area contributed by atoms with Crippen molar-refractivity contribution in [1.82, 2.24) is 10.2 Å². The highest BCUT2D eigenvalue weighted by atomic mass is 16.8. The first kappa shape index (κ1) is 38.2. The number of hydrogen-bond acceptors (Lipinski definition) is 8. The predicted molar refractivity (Wildman–Crippen MR) is 195 cm³/mol. The molecule has 2 aromatic carbocycles. The van der Waals surface area contributed by atoms with Crippen molar-refractivity contribution in [3.63, 3.8) is 0 Å². The number of ether oxygens (including phenoxy) is 3. The van der Waals surface area contributed by atoms with Crippen LogP contribution in [0, 0.1) is 0 Å². The molecule has 2 aliphatic heterocycles. The van der Waals surface area contributed by atoms with Gasteiger partial charge in [-0.25, -0.2) is 4.79 Å². The standard InChI is InChI=1S/C41H54N2O8/c1-3-5-9-22-41(23-10-6-4-2)50-36-28-32(39(47)43-25-12-16-33(43)38(46)42-24-26-44)27-35(37(36)51-41)49-40(48)31-20-18-29(19-21-31)13-11-15-30-14-7-8-17-34(30)45/h7-8,11,13-14,17-21,28,33,35-37,44-45H,3-6,9-10,12,15-16,22-27H2,1-2H3,(H,42,46). The van der Waals surface area contributed by atoms with E-state index in [1.54, 1.807) is 29.2 Å². The molecule has 0 radical (unpaired) electrons. The van der Waals surface area contributed by atoms with Gasteiger partial charge in [0.05, 0.1) is 12.2 Å². The molecule has 2 saturated heterocycles. The van der Waals surface area contributed by atoms with Crippen molar-refractivity contribution in [3.8, 4) is 5.75 Å². The summed E-state index contributed by atoms with van der Waals surface area (Å²) in [5, 5.41) is 21.9. The topological polar surface area (TPSA) is 135 Å². The number of aliphatic hydroxyl groups excluding tert-OH is 1. The number of para-hydroxylation sites is 1. The third kappa shape index (κ3) is 9.87. The van der Waals surface area contributed by atoms with Gasteiger partial charge in [0, 0.05) is 37.9 Å². The first-order valence-electron chi connectivity index (χ1n) is 18.8. The van der Waals surface area contributed by atoms with Gasteiger partial charge in [0.2, 0.25) is 11.8 Å². The Balaban J connectivity index is 1.34. The van der Waals surface area contributed by atoms with Crippen molar-refractivity contribution in [2.24, 2.45) is 0 Å². The average molecular weight is 703 g/mol. The van der Waals surface area contributed by atoms with Gasteiger partial charge in [0.25, 0.3) is 0 Å². The maximum atomic E-state index is 14.1. The number of likely N-dealkylation sites (tertiary alicyclic amines) is 1. The fourth-order valence-electron chi connectivity index (χ4n) is 7.30. The Hall–Kier alpha value is -3.99. The number of esters is 1. The second-order valence-electron chi connectivity index (χ2n) is 13.9. The molecule has 2 aromatic rings. The van der Waals surface area contributed by atoms with Crippen LogP contribution in [0.2, 0.25) is 0 Å². The number of benzene rings is 2. The number of aliphatic hydroxyl groups is 1. The molecule has 0 bridgehead atoms. The van der Waals surface area contributed by atoms with Gasteiger partial charge in [-0.05, 0) is 67.5 Å². The van der Waals surface area contributed by atoms with Crippen LogP contribution in [-0.2, 0) is 30.2 Å². The van der Waals surface area contributed by atoms with E-state index in [2.05, 4.69) is 19.2 Å². The number of phenolic OH excluding ortho intramolecular Hbond substituents is 1. The minimum Gasteiger partial charge on any atom is -0.508 e. The van der Waals surface area contributed by atoms with E-state index in [9.17, 15) is 24.6 Å². The molecule has 276 valence electrons. The van der Waals surface area contributed by atoms with Crippen LogP contribution >= 0.6 is 0 Å². The Morgan fingerprint density at radius 1 is 1.00 bits per heavy atom. The van der Waals surface area contributed by atoms with Crippen LogP contribution in [-0.4, -0.2) is 82.7 Å². The van der Waals surface area contributed by atoms with Gasteiger partial charge >= 0.3 is 5.97 Å². The van der Waals surface area contributed by atoms with E-state index >= 15 is 0 Å². The first-order valence-corrected chi connectivity index (χ1v) is 18.8. The van der Waals surface area contributed by atoms with Crippen molar-refractivity contribution < 1.29 is 38.8 Å². The molecular weight excluding hydrogens is 648 g/mol. The van der Waals surface area contributed by atoms with Crippen LogP contribution in [0.15, 0.2) is 66.3 Å². The van der Waals surface area contributed by atoms with Gasteiger partial charge in [-0.2, -0.15) is 0 Å². The van der Waals surface area contributed by atoms with Gasteiger partial charge in [-0.3, -0.25) is 9.59 Å². The number of carbonyl (C=O) groups excluding carboxylic acids is 3. The quantitative estimate of drug-likeness (QED) is 0.130. The number of carbonyl (C=O) groups is 3. The molecule has 3 N–H and O–H groups in total. The summed E-state index contributed by atoms with van der Waals surface area (Å²) in [7, 11) is 0. The van der Waals surface area contributed by atoms with Gasteiger partial charge < -0.3 is 34.6 Å². The minimum absolute atomic E-state index is 0.126. The van der Waals surface area contributed by atoms with Crippen LogP contribution in [0.3, 0.4) is 0 Å². The van der Waals surface area contributed by atoms with E-state index in [4.69, 9.17) is 14.2 Å². The summed E-state index contributed by atoms with van der Waals surface area (Å²) in [5.74, 6) is -1.64. The van der Waals surface area contributed by atoms with Gasteiger partial charge in [-0.15, -0.1) is 0 Å². The zero-order chi connectivity index (χ0) is 36.2. The number of hydrogen-bond donors (Lipinski definition) is 3. The van der Waals surface area contributed by atoms with Crippen molar-refractivity contribution in [2.75, 3.05) is 19.7 Å². The molecule has 2 heterocycles. The summed E-state index contributed by atoms with van der Waals surface area (Å²) in [4.78, 5) is 42.2. The SMILES string of the molecule is CCCCCC1(CCCCC)OC2C=C(C(=O)N3CCCC3C(=O)NCCO)CC(OC(=O)c3ccc(C=CCc4ccccc4O)cc3)C2O1. The summed E-state index contributed by atoms with van der Waals surface area (Å²) >= 11 is 0. The number of aromatic hydroxyl groups is 1. The Morgan fingerprint density at radius 3 is 2.41 bits per heavy atom. The highest BCUT2D eigenvalue weighted by Crippen LogP contribution is 2.43. The molecule has 4 unspecified atom stereocenters. The molecule has 0 spiro atoms. The fraction of sp³-hybridized carbons (Fsp3) is 0.537. The van der Waals surface area contributed by atoms with Gasteiger partial charge in [0.1, 0.15) is 30.1 Å². The zero-order valence-electron chi connectivity index (χ0n) is 30.1. The Bertz CT molecular complexity index is 1530. The van der Waals surface area contributed by atoms with Crippen molar-refractivity contribution in [1.29, 1.82) is 0 Å². The number of allylic oxidation sites excluding steroid dienone is 1. The summed E-state index contributed by atoms with van der Waals surface area (Å²) in [6.07, 6.45) is 13.3. The Labute approximate surface area is 301 Å². The van der Waals surface area contributed by atoms with E-state index in [0.717, 1.165) is 49.7 Å². The van der Waals surface area contributed by atoms with Crippen LogP contribution in [0.1, 0.15) is 106 Å². The summed E-state index contributed by atoms with van der Waals surface area (Å²) in [6, 6.07) is 13.7. The van der Waals surface area contributed by atoms with Crippen LogP contribution in [0.5, 0.6) is 5.75 Å². The Morgan fingerprint density at radius 2 is 1.73 bits per heavy atom. The number of rotatable bonds is 17. The molecule has 51 heavy (non-hydrogen) atoms. The van der Waals surface area contributed by atoms with E-state index in [0.29, 0.717) is 49.8 Å². The van der Waals surface area contributed by atoms with Crippen molar-refractivity contribution in [2.45, 2.75) is 121 Å². The second kappa shape index (κ2) is 18.5. The number of nitrogens with one attached hydrogen (secondary N) is 1. The monoisotopic (exact) mass is 702 g/mol. The molecule has 4 atom stereocenters. The third-order valence-electron chi connectivity index (χ3n) is 10.0. The normalized spacial score (nSPS) is 22.5. The zero-order valence-corrected chi connectivity index (χ0v) is 30.1. The highest BCUT2D eigenvalue weighted by Gasteiger charge is 2.53. The smallest absolute Gasteiger partial charge is 0.338 e. The molecule has 1 aliphatic carbocycles. The van der Waals surface area contributed by atoms with Crippen molar-refractivity contribution in [3.05, 3.63) is 82.9 Å². The van der Waals surface area contributed by atoms with Gasteiger partial charge in [-0.1, -0.05) is 82.0 Å². The summed E-state index contributed by atoms with van der Waals surface area (Å²) in [6.45, 7) is 4.70. The maximum absolute atomic E-state index is 14.1. The van der Waals surface area contributed by atoms with E-state index in [-0.39, 0.29) is 37.1 Å². The molecule has 10 heteroatoms. The molecular formula is C41H54N2O8. The lowest BCUT2D eigenvalue weighted by molar-refractivity contribution is -0.190. The Kier molecular flexibility index (Phi) is 13.9. The molecule has 10 nitrogen and oxygen atoms in total. The summed E-state index contributed by atoms with van der Waals surface area (Å²) < 4.78 is 19.7. The molecule has 0 saturated carbocycles. The third-order valence-corrected chi connectivity index (χ3v) is 10.0.